The summed E-state index contributed by atoms with van der Waals surface area (Å²) >= 11 is 0. The first kappa shape index (κ1) is 21.2. The van der Waals surface area contributed by atoms with Gasteiger partial charge in [0.15, 0.2) is 0 Å². The maximum atomic E-state index is 14.6. The lowest BCUT2D eigenvalue weighted by molar-refractivity contribution is 0.0940. The molecule has 156 valence electrons. The first-order valence-electron chi connectivity index (χ1n) is 10.1. The Bertz CT molecular complexity index is 814. The average molecular weight is 412 g/mol. The molecule has 0 aromatic heterocycles. The van der Waals surface area contributed by atoms with Crippen molar-refractivity contribution in [1.82, 2.24) is 15.2 Å². The fourth-order valence-electron chi connectivity index (χ4n) is 4.18. The van der Waals surface area contributed by atoms with Crippen LogP contribution < -0.4 is 10.3 Å². The number of piperidine rings is 1. The molecule has 28 heavy (non-hydrogen) atoms. The first-order valence-corrected chi connectivity index (χ1v) is 11.6. The topological polar surface area (TPSA) is 78.5 Å². The van der Waals surface area contributed by atoms with E-state index in [-0.39, 0.29) is 11.5 Å². The largest absolute Gasteiger partial charge is 0.306 e. The summed E-state index contributed by atoms with van der Waals surface area (Å²) in [5.74, 6) is -1.08. The number of aryl methyl sites for hydroxylation is 1. The van der Waals surface area contributed by atoms with Gasteiger partial charge in [-0.15, -0.1) is 4.83 Å². The average Bonchev–Trinajstić information content (AvgIpc) is 2.69. The van der Waals surface area contributed by atoms with Gasteiger partial charge in [-0.1, -0.05) is 25.3 Å². The lowest BCUT2D eigenvalue weighted by Gasteiger charge is -2.29. The molecule has 0 radical (unpaired) electrons. The van der Waals surface area contributed by atoms with E-state index < -0.39 is 27.0 Å². The summed E-state index contributed by atoms with van der Waals surface area (Å²) < 4.78 is 39.4. The summed E-state index contributed by atoms with van der Waals surface area (Å²) in [4.78, 5) is 17.0. The zero-order valence-corrected chi connectivity index (χ0v) is 17.4. The van der Waals surface area contributed by atoms with Crippen molar-refractivity contribution in [2.24, 2.45) is 0 Å². The standard InChI is InChI=1S/C20H30FN3O3S/c1-14-12-16(15-8-10-24(2)11-9-15)13-18(19(14)21)20(25)22-23-28(26,27)17-6-4-3-5-7-17/h12-13,15,17,23H,3-11H2,1-2H3,(H,22,25). The van der Waals surface area contributed by atoms with Crippen LogP contribution in [0.2, 0.25) is 0 Å². The molecule has 6 nitrogen and oxygen atoms in total. The minimum absolute atomic E-state index is 0.111. The van der Waals surface area contributed by atoms with Gasteiger partial charge in [0.2, 0.25) is 10.0 Å². The van der Waals surface area contributed by atoms with E-state index in [2.05, 4.69) is 22.2 Å². The molecule has 1 aromatic carbocycles. The molecular weight excluding hydrogens is 381 g/mol. The van der Waals surface area contributed by atoms with Crippen LogP contribution in [0.1, 0.15) is 72.3 Å². The number of likely N-dealkylation sites (tertiary alicyclic amines) is 1. The van der Waals surface area contributed by atoms with E-state index in [1.165, 1.54) is 0 Å². The fourth-order valence-corrected chi connectivity index (χ4v) is 5.54. The van der Waals surface area contributed by atoms with Gasteiger partial charge in [0, 0.05) is 0 Å². The van der Waals surface area contributed by atoms with E-state index in [4.69, 9.17) is 0 Å². The number of nitrogens with zero attached hydrogens (tertiary/aromatic N) is 1. The highest BCUT2D eigenvalue weighted by Gasteiger charge is 2.28. The van der Waals surface area contributed by atoms with Gasteiger partial charge >= 0.3 is 0 Å². The molecule has 0 atom stereocenters. The van der Waals surface area contributed by atoms with Gasteiger partial charge in [-0.3, -0.25) is 10.2 Å². The number of sulfonamides is 1. The van der Waals surface area contributed by atoms with Crippen molar-refractivity contribution in [3.63, 3.8) is 0 Å². The minimum atomic E-state index is -3.66. The summed E-state index contributed by atoms with van der Waals surface area (Å²) in [6.07, 6.45) is 5.85. The van der Waals surface area contributed by atoms with Gasteiger partial charge in [-0.05, 0) is 75.9 Å². The minimum Gasteiger partial charge on any atom is -0.306 e. The Balaban J connectivity index is 1.72. The summed E-state index contributed by atoms with van der Waals surface area (Å²) in [7, 11) is -1.58. The van der Waals surface area contributed by atoms with Crippen molar-refractivity contribution in [3.05, 3.63) is 34.6 Å². The number of amides is 1. The summed E-state index contributed by atoms with van der Waals surface area (Å²) in [5.41, 5.74) is 3.44. The van der Waals surface area contributed by atoms with Crippen LogP contribution in [0.4, 0.5) is 4.39 Å². The Morgan fingerprint density at radius 3 is 2.39 bits per heavy atom. The van der Waals surface area contributed by atoms with E-state index in [0.29, 0.717) is 18.4 Å². The van der Waals surface area contributed by atoms with Crippen LogP contribution in [0.15, 0.2) is 12.1 Å². The molecule has 1 aliphatic carbocycles. The van der Waals surface area contributed by atoms with E-state index in [0.717, 1.165) is 50.8 Å². The predicted molar refractivity (Wildman–Crippen MR) is 107 cm³/mol. The lowest BCUT2D eigenvalue weighted by atomic mass is 9.87. The molecule has 1 aliphatic heterocycles. The fraction of sp³-hybridized carbons (Fsp3) is 0.650. The van der Waals surface area contributed by atoms with Crippen molar-refractivity contribution in [1.29, 1.82) is 0 Å². The Morgan fingerprint density at radius 1 is 1.11 bits per heavy atom. The normalized spacial score (nSPS) is 20.2. The summed E-state index contributed by atoms with van der Waals surface area (Å²) in [6.45, 7) is 3.56. The molecular formula is C20H30FN3O3S. The summed E-state index contributed by atoms with van der Waals surface area (Å²) in [6, 6.07) is 3.37. The van der Waals surface area contributed by atoms with E-state index in [1.54, 1.807) is 19.1 Å². The third kappa shape index (κ3) is 4.90. The number of nitrogens with one attached hydrogen (secondary N) is 2. The van der Waals surface area contributed by atoms with Gasteiger partial charge in [0.05, 0.1) is 10.8 Å². The smallest absolute Gasteiger partial charge is 0.269 e. The third-order valence-corrected chi connectivity index (χ3v) is 7.74. The first-order chi connectivity index (χ1) is 13.3. The van der Waals surface area contributed by atoms with Gasteiger partial charge in [-0.25, -0.2) is 12.8 Å². The highest BCUT2D eigenvalue weighted by atomic mass is 32.2. The van der Waals surface area contributed by atoms with Crippen LogP contribution in [-0.4, -0.2) is 44.6 Å². The molecule has 1 amide bonds. The van der Waals surface area contributed by atoms with Crippen molar-refractivity contribution in [2.45, 2.75) is 63.0 Å². The van der Waals surface area contributed by atoms with Gasteiger partial charge in [0.1, 0.15) is 5.82 Å². The van der Waals surface area contributed by atoms with E-state index in [1.807, 2.05) is 0 Å². The molecule has 8 heteroatoms. The molecule has 1 saturated carbocycles. The van der Waals surface area contributed by atoms with Crippen LogP contribution in [0.3, 0.4) is 0 Å². The van der Waals surface area contributed by atoms with E-state index >= 15 is 0 Å². The lowest BCUT2D eigenvalue weighted by Crippen LogP contribution is -2.46. The zero-order valence-electron chi connectivity index (χ0n) is 16.6. The van der Waals surface area contributed by atoms with Crippen molar-refractivity contribution >= 4 is 15.9 Å². The second kappa shape index (κ2) is 8.88. The van der Waals surface area contributed by atoms with Crippen LogP contribution in [-0.2, 0) is 10.0 Å². The van der Waals surface area contributed by atoms with Gasteiger partial charge in [-0.2, -0.15) is 0 Å². The zero-order chi connectivity index (χ0) is 20.3. The molecule has 2 aliphatic rings. The number of hydrazine groups is 1. The molecule has 2 fully saturated rings. The second-order valence-electron chi connectivity index (χ2n) is 8.14. The number of carbonyl (C=O) groups excluding carboxylic acids is 1. The number of halogens is 1. The molecule has 1 heterocycles. The highest BCUT2D eigenvalue weighted by Crippen LogP contribution is 2.30. The maximum Gasteiger partial charge on any atom is 0.269 e. The number of hydrogen-bond donors (Lipinski definition) is 2. The van der Waals surface area contributed by atoms with Crippen molar-refractivity contribution in [2.75, 3.05) is 20.1 Å². The molecule has 0 bridgehead atoms. The van der Waals surface area contributed by atoms with Gasteiger partial charge < -0.3 is 4.90 Å². The van der Waals surface area contributed by atoms with Crippen LogP contribution in [0.25, 0.3) is 0 Å². The van der Waals surface area contributed by atoms with Crippen LogP contribution >= 0.6 is 0 Å². The molecule has 2 N–H and O–H groups in total. The number of carbonyl (C=O) groups is 1. The van der Waals surface area contributed by atoms with Crippen molar-refractivity contribution < 1.29 is 17.6 Å². The Kier molecular flexibility index (Phi) is 6.73. The SMILES string of the molecule is Cc1cc(C2CCN(C)CC2)cc(C(=O)NNS(=O)(=O)C2CCCCC2)c1F. The van der Waals surface area contributed by atoms with Gasteiger partial charge in [0.25, 0.3) is 5.91 Å². The van der Waals surface area contributed by atoms with Crippen LogP contribution in [0, 0.1) is 12.7 Å². The van der Waals surface area contributed by atoms with Crippen LogP contribution in [0.5, 0.6) is 0 Å². The molecule has 1 saturated heterocycles. The predicted octanol–water partition coefficient (Wildman–Crippen LogP) is 2.84. The molecule has 0 spiro atoms. The monoisotopic (exact) mass is 411 g/mol. The number of hydrogen-bond acceptors (Lipinski definition) is 4. The molecule has 3 rings (SSSR count). The summed E-state index contributed by atoms with van der Waals surface area (Å²) in [5, 5.41) is -0.501. The Morgan fingerprint density at radius 2 is 1.75 bits per heavy atom. The second-order valence-corrected chi connectivity index (χ2v) is 10.1. The van der Waals surface area contributed by atoms with E-state index in [9.17, 15) is 17.6 Å². The van der Waals surface area contributed by atoms with Crippen molar-refractivity contribution in [3.8, 4) is 0 Å². The maximum absolute atomic E-state index is 14.6. The quantitative estimate of drug-likeness (QED) is 0.731. The highest BCUT2D eigenvalue weighted by molar-refractivity contribution is 7.90. The number of benzene rings is 1. The number of rotatable bonds is 5. The third-order valence-electron chi connectivity index (χ3n) is 6.01. The molecule has 1 aromatic rings. The molecule has 0 unspecified atom stereocenters. The Hall–Kier alpha value is -1.51. The Labute approximate surface area is 166 Å².